The van der Waals surface area contributed by atoms with E-state index in [-0.39, 0.29) is 10.2 Å². The molecule has 1 aromatic rings. The van der Waals surface area contributed by atoms with Crippen molar-refractivity contribution in [2.45, 2.75) is 4.90 Å². The molecule has 72 valence electrons. The van der Waals surface area contributed by atoms with Crippen molar-refractivity contribution in [1.29, 1.82) is 0 Å². The predicted octanol–water partition coefficient (Wildman–Crippen LogP) is 0.818. The first-order valence-electron chi connectivity index (χ1n) is 3.09. The highest BCUT2D eigenvalue weighted by atomic mass is 79.9. The minimum Gasteiger partial charge on any atom is -0.398 e. The first kappa shape index (κ1) is 10.4. The third kappa shape index (κ3) is 2.17. The van der Waals surface area contributed by atoms with Crippen molar-refractivity contribution in [3.63, 3.8) is 0 Å². The highest BCUT2D eigenvalue weighted by molar-refractivity contribution is 9.10. The van der Waals surface area contributed by atoms with Crippen molar-refractivity contribution in [1.82, 2.24) is 0 Å². The van der Waals surface area contributed by atoms with E-state index in [1.165, 1.54) is 0 Å². The molecule has 0 atom stereocenters. The second kappa shape index (κ2) is 3.24. The van der Waals surface area contributed by atoms with E-state index in [4.69, 9.17) is 10.9 Å². The number of halogens is 2. The van der Waals surface area contributed by atoms with Crippen molar-refractivity contribution in [2.75, 3.05) is 5.73 Å². The van der Waals surface area contributed by atoms with E-state index in [0.717, 1.165) is 12.1 Å². The Morgan fingerprint density at radius 1 is 1.38 bits per heavy atom. The fraction of sp³-hybridized carbons (Fsp3) is 0. The van der Waals surface area contributed by atoms with Crippen molar-refractivity contribution >= 4 is 31.6 Å². The molecule has 4 nitrogen and oxygen atoms in total. The zero-order valence-corrected chi connectivity index (χ0v) is 8.69. The van der Waals surface area contributed by atoms with E-state index in [1.54, 1.807) is 0 Å². The molecule has 0 aromatic heterocycles. The molecule has 1 rings (SSSR count). The van der Waals surface area contributed by atoms with Crippen LogP contribution >= 0.6 is 15.9 Å². The van der Waals surface area contributed by atoms with Crippen LogP contribution in [0.15, 0.2) is 21.5 Å². The van der Waals surface area contributed by atoms with E-state index in [2.05, 4.69) is 15.9 Å². The predicted molar refractivity (Wildman–Crippen MR) is 49.9 cm³/mol. The number of nitrogens with two attached hydrogens (primary N) is 2. The summed E-state index contributed by atoms with van der Waals surface area (Å²) in [6, 6.07) is 1.92. The molecule has 7 heteroatoms. The van der Waals surface area contributed by atoms with Crippen LogP contribution in [-0.4, -0.2) is 8.42 Å². The summed E-state index contributed by atoms with van der Waals surface area (Å²) in [6.45, 7) is 0. The Bertz CT molecular complexity index is 446. The van der Waals surface area contributed by atoms with Gasteiger partial charge in [-0.25, -0.2) is 17.9 Å². The van der Waals surface area contributed by atoms with E-state index in [0.29, 0.717) is 0 Å². The van der Waals surface area contributed by atoms with Gasteiger partial charge in [-0.2, -0.15) is 0 Å². The summed E-state index contributed by atoms with van der Waals surface area (Å²) in [5, 5.41) is 4.75. The van der Waals surface area contributed by atoms with Crippen LogP contribution in [0.3, 0.4) is 0 Å². The molecule has 0 aliphatic carbocycles. The van der Waals surface area contributed by atoms with E-state index >= 15 is 0 Å². The molecule has 0 bridgehead atoms. The smallest absolute Gasteiger partial charge is 0.241 e. The summed E-state index contributed by atoms with van der Waals surface area (Å²) < 4.78 is 34.8. The molecule has 0 aliphatic rings. The average Bonchev–Trinajstić information content (AvgIpc) is 1.94. The van der Waals surface area contributed by atoms with Gasteiger partial charge in [0.05, 0.1) is 0 Å². The van der Waals surface area contributed by atoms with Gasteiger partial charge in [-0.3, -0.25) is 0 Å². The number of hydrogen-bond donors (Lipinski definition) is 2. The van der Waals surface area contributed by atoms with Gasteiger partial charge in [0.15, 0.2) is 0 Å². The first-order valence-corrected chi connectivity index (χ1v) is 5.43. The standard InChI is InChI=1S/C6H6BrFN2O2S/c7-3-1-6(13(10,11)12)4(8)2-5(3)9/h1-2H,9H2,(H2,10,11,12). The summed E-state index contributed by atoms with van der Waals surface area (Å²) >= 11 is 2.96. The Kier molecular flexibility index (Phi) is 2.60. The molecule has 13 heavy (non-hydrogen) atoms. The lowest BCUT2D eigenvalue weighted by Crippen LogP contribution is -2.14. The maximum atomic E-state index is 13.0. The molecule has 0 saturated heterocycles. The van der Waals surface area contributed by atoms with Crippen molar-refractivity contribution in [3.05, 3.63) is 22.4 Å². The maximum absolute atomic E-state index is 13.0. The lowest BCUT2D eigenvalue weighted by atomic mass is 10.3. The molecule has 0 saturated carbocycles. The minimum atomic E-state index is -4.03. The minimum absolute atomic E-state index is 0.116. The molecule has 0 aliphatic heterocycles. The van der Waals surface area contributed by atoms with Crippen LogP contribution in [-0.2, 0) is 10.0 Å². The van der Waals surface area contributed by atoms with Crippen molar-refractivity contribution in [3.8, 4) is 0 Å². The molecule has 0 amide bonds. The topological polar surface area (TPSA) is 86.2 Å². The van der Waals surface area contributed by atoms with Crippen LogP contribution in [0.1, 0.15) is 0 Å². The summed E-state index contributed by atoms with van der Waals surface area (Å²) in [6.07, 6.45) is 0. The van der Waals surface area contributed by atoms with Crippen LogP contribution in [0.5, 0.6) is 0 Å². The molecule has 0 radical (unpaired) electrons. The molecular weight excluding hydrogens is 263 g/mol. The molecule has 0 heterocycles. The summed E-state index contributed by atoms with van der Waals surface area (Å²) in [7, 11) is -4.03. The van der Waals surface area contributed by atoms with Crippen LogP contribution in [0, 0.1) is 5.82 Å². The van der Waals surface area contributed by atoms with E-state index in [9.17, 15) is 12.8 Å². The Labute approximate surface area is 82.9 Å². The number of sulfonamides is 1. The third-order valence-electron chi connectivity index (χ3n) is 1.36. The first-order chi connectivity index (χ1) is 5.82. The van der Waals surface area contributed by atoms with Gasteiger partial charge >= 0.3 is 0 Å². The van der Waals surface area contributed by atoms with Crippen molar-refractivity contribution in [2.24, 2.45) is 5.14 Å². The zero-order valence-electron chi connectivity index (χ0n) is 6.29. The molecule has 4 N–H and O–H groups in total. The summed E-state index contributed by atoms with van der Waals surface area (Å²) in [5.41, 5.74) is 5.43. The van der Waals surface area contributed by atoms with Gasteiger partial charge in [0.2, 0.25) is 10.0 Å². The van der Waals surface area contributed by atoms with Gasteiger partial charge in [-0.15, -0.1) is 0 Å². The maximum Gasteiger partial charge on any atom is 0.241 e. The van der Waals surface area contributed by atoms with Gasteiger partial charge in [0, 0.05) is 10.2 Å². The largest absolute Gasteiger partial charge is 0.398 e. The van der Waals surface area contributed by atoms with E-state index in [1.807, 2.05) is 0 Å². The lowest BCUT2D eigenvalue weighted by Gasteiger charge is -2.03. The average molecular weight is 269 g/mol. The molecular formula is C6H6BrFN2O2S. The van der Waals surface area contributed by atoms with Crippen molar-refractivity contribution < 1.29 is 12.8 Å². The van der Waals surface area contributed by atoms with Gasteiger partial charge < -0.3 is 5.73 Å². The highest BCUT2D eigenvalue weighted by Gasteiger charge is 2.15. The lowest BCUT2D eigenvalue weighted by molar-refractivity contribution is 0.568. The second-order valence-electron chi connectivity index (χ2n) is 2.35. The number of benzene rings is 1. The second-order valence-corrected chi connectivity index (χ2v) is 4.73. The fourth-order valence-electron chi connectivity index (χ4n) is 0.762. The SMILES string of the molecule is Nc1cc(F)c(S(N)(=O)=O)cc1Br. The number of rotatable bonds is 1. The fourth-order valence-corrected chi connectivity index (χ4v) is 1.87. The monoisotopic (exact) mass is 268 g/mol. The van der Waals surface area contributed by atoms with Gasteiger partial charge in [-0.1, -0.05) is 0 Å². The Morgan fingerprint density at radius 3 is 2.38 bits per heavy atom. The molecule has 1 aromatic carbocycles. The van der Waals surface area contributed by atoms with Crippen LogP contribution < -0.4 is 10.9 Å². The van der Waals surface area contributed by atoms with Crippen LogP contribution in [0.25, 0.3) is 0 Å². The molecule has 0 unspecified atom stereocenters. The van der Waals surface area contributed by atoms with Gasteiger partial charge in [0.1, 0.15) is 10.7 Å². The van der Waals surface area contributed by atoms with Gasteiger partial charge in [0.25, 0.3) is 0 Å². The van der Waals surface area contributed by atoms with Crippen LogP contribution in [0.4, 0.5) is 10.1 Å². The summed E-state index contributed by atoms with van der Waals surface area (Å²) in [5.74, 6) is -0.955. The number of nitrogen functional groups attached to an aromatic ring is 1. The molecule has 0 spiro atoms. The number of hydrogen-bond acceptors (Lipinski definition) is 3. The third-order valence-corrected chi connectivity index (χ3v) is 2.97. The van der Waals surface area contributed by atoms with Gasteiger partial charge in [-0.05, 0) is 28.1 Å². The normalized spacial score (nSPS) is 11.6. The number of primary sulfonamides is 1. The quantitative estimate of drug-likeness (QED) is 0.740. The highest BCUT2D eigenvalue weighted by Crippen LogP contribution is 2.25. The Morgan fingerprint density at radius 2 is 1.92 bits per heavy atom. The molecule has 0 fully saturated rings. The van der Waals surface area contributed by atoms with E-state index < -0.39 is 20.7 Å². The zero-order chi connectivity index (χ0) is 10.2. The summed E-state index contributed by atoms with van der Waals surface area (Å²) in [4.78, 5) is -0.575. The van der Waals surface area contributed by atoms with Crippen LogP contribution in [0.2, 0.25) is 0 Å². The Balaban J connectivity index is 3.50. The Hall–Kier alpha value is -0.660. The number of anilines is 1.